The molecule has 0 aliphatic rings. The number of aromatic nitrogens is 1. The lowest BCUT2D eigenvalue weighted by atomic mass is 9.95. The van der Waals surface area contributed by atoms with Gasteiger partial charge in [-0.3, -0.25) is 4.98 Å². The monoisotopic (exact) mass is 467 g/mol. The molecule has 0 N–H and O–H groups in total. The van der Waals surface area contributed by atoms with Crippen molar-refractivity contribution in [2.75, 3.05) is 0 Å². The van der Waals surface area contributed by atoms with Gasteiger partial charge in [0, 0.05) is 11.8 Å². The molecule has 0 spiro atoms. The van der Waals surface area contributed by atoms with Crippen molar-refractivity contribution < 1.29 is 0 Å². The first-order valence-corrected chi connectivity index (χ1v) is 12.9. The Hall–Kier alpha value is -3.97. The van der Waals surface area contributed by atoms with Gasteiger partial charge in [-0.25, -0.2) is 0 Å². The quantitative estimate of drug-likeness (QED) is 0.242. The largest absolute Gasteiger partial charge is 0.256 e. The second kappa shape index (κ2) is 10.3. The van der Waals surface area contributed by atoms with Gasteiger partial charge in [0.15, 0.2) is 0 Å². The predicted octanol–water partition coefficient (Wildman–Crippen LogP) is 10.00. The van der Waals surface area contributed by atoms with Crippen LogP contribution in [0.4, 0.5) is 0 Å². The molecule has 0 amide bonds. The SMILES string of the molecule is CC(C)c1ccc(-c2ccc(-c3ccc(-c4cccc(-c5cc(C(C)C)ccn5)c4)cc3)cc2)cc1. The van der Waals surface area contributed by atoms with Gasteiger partial charge >= 0.3 is 0 Å². The van der Waals surface area contributed by atoms with Gasteiger partial charge in [-0.15, -0.1) is 0 Å². The minimum absolute atomic E-state index is 0.488. The molecule has 0 aliphatic carbocycles. The Morgan fingerprint density at radius 3 is 1.36 bits per heavy atom. The molecule has 0 bridgehead atoms. The van der Waals surface area contributed by atoms with E-state index in [0.29, 0.717) is 11.8 Å². The summed E-state index contributed by atoms with van der Waals surface area (Å²) in [6.45, 7) is 8.90. The van der Waals surface area contributed by atoms with E-state index < -0.39 is 0 Å². The van der Waals surface area contributed by atoms with Crippen molar-refractivity contribution in [3.63, 3.8) is 0 Å². The van der Waals surface area contributed by atoms with Gasteiger partial charge in [0.2, 0.25) is 0 Å². The zero-order valence-corrected chi connectivity index (χ0v) is 21.6. The molecule has 1 aromatic heterocycles. The van der Waals surface area contributed by atoms with Crippen LogP contribution in [-0.4, -0.2) is 4.98 Å². The summed E-state index contributed by atoms with van der Waals surface area (Å²) in [5, 5.41) is 0. The predicted molar refractivity (Wildman–Crippen MR) is 154 cm³/mol. The smallest absolute Gasteiger partial charge is 0.0705 e. The van der Waals surface area contributed by atoms with Crippen molar-refractivity contribution in [3.8, 4) is 44.6 Å². The molecule has 0 radical (unpaired) electrons. The van der Waals surface area contributed by atoms with E-state index in [1.165, 1.54) is 44.5 Å². The molecule has 0 fully saturated rings. The molecular weight excluding hydrogens is 434 g/mol. The first kappa shape index (κ1) is 23.8. The summed E-state index contributed by atoms with van der Waals surface area (Å²) < 4.78 is 0. The van der Waals surface area contributed by atoms with E-state index >= 15 is 0 Å². The molecule has 0 saturated heterocycles. The van der Waals surface area contributed by atoms with Gasteiger partial charge in [-0.2, -0.15) is 0 Å². The fourth-order valence-corrected chi connectivity index (χ4v) is 4.59. The maximum absolute atomic E-state index is 4.62. The normalized spacial score (nSPS) is 11.3. The van der Waals surface area contributed by atoms with Gasteiger partial charge in [0.25, 0.3) is 0 Å². The molecule has 5 aromatic rings. The van der Waals surface area contributed by atoms with Crippen molar-refractivity contribution in [2.24, 2.45) is 0 Å². The van der Waals surface area contributed by atoms with E-state index in [1.807, 2.05) is 6.20 Å². The van der Waals surface area contributed by atoms with Crippen LogP contribution in [0.1, 0.15) is 50.7 Å². The number of benzene rings is 4. The third-order valence-corrected chi connectivity index (χ3v) is 6.96. The summed E-state index contributed by atoms with van der Waals surface area (Å²) in [6.07, 6.45) is 1.91. The lowest BCUT2D eigenvalue weighted by molar-refractivity contribution is 0.864. The molecule has 178 valence electrons. The van der Waals surface area contributed by atoms with Crippen LogP contribution >= 0.6 is 0 Å². The van der Waals surface area contributed by atoms with Gasteiger partial charge in [-0.1, -0.05) is 119 Å². The van der Waals surface area contributed by atoms with Gasteiger partial charge in [-0.05, 0) is 74.5 Å². The molecule has 1 nitrogen and oxygen atoms in total. The average Bonchev–Trinajstić information content (AvgIpc) is 2.93. The summed E-state index contributed by atoms with van der Waals surface area (Å²) >= 11 is 0. The second-order valence-corrected chi connectivity index (χ2v) is 10.1. The van der Waals surface area contributed by atoms with Crippen LogP contribution in [0.2, 0.25) is 0 Å². The van der Waals surface area contributed by atoms with Crippen LogP contribution in [0.3, 0.4) is 0 Å². The number of rotatable bonds is 6. The van der Waals surface area contributed by atoms with Crippen molar-refractivity contribution in [3.05, 3.63) is 127 Å². The highest BCUT2D eigenvalue weighted by Crippen LogP contribution is 2.30. The van der Waals surface area contributed by atoms with Crippen molar-refractivity contribution in [1.29, 1.82) is 0 Å². The van der Waals surface area contributed by atoms with E-state index in [0.717, 1.165) is 11.3 Å². The van der Waals surface area contributed by atoms with Crippen LogP contribution < -0.4 is 0 Å². The Bertz CT molecular complexity index is 1440. The summed E-state index contributed by atoms with van der Waals surface area (Å²) in [6, 6.07) is 39.6. The van der Waals surface area contributed by atoms with Gasteiger partial charge in [0.05, 0.1) is 5.69 Å². The topological polar surface area (TPSA) is 12.9 Å². The molecular formula is C35H33N. The molecule has 0 saturated carbocycles. The molecule has 0 unspecified atom stereocenters. The van der Waals surface area contributed by atoms with E-state index in [-0.39, 0.29) is 0 Å². The molecule has 4 aromatic carbocycles. The zero-order chi connectivity index (χ0) is 25.1. The third kappa shape index (κ3) is 5.16. The molecule has 0 aliphatic heterocycles. The Morgan fingerprint density at radius 1 is 0.417 bits per heavy atom. The number of hydrogen-bond acceptors (Lipinski definition) is 1. The number of pyridine rings is 1. The van der Waals surface area contributed by atoms with Crippen LogP contribution in [-0.2, 0) is 0 Å². The average molecular weight is 468 g/mol. The standard InChI is InChI=1S/C35H33N/c1-24(2)26-8-10-27(11-9-26)28-12-14-29(15-13-28)30-16-18-31(19-17-30)33-6-5-7-34(22-33)35-23-32(25(3)4)20-21-36-35/h5-25H,1-4H3. The first-order valence-electron chi connectivity index (χ1n) is 12.9. The van der Waals surface area contributed by atoms with Crippen molar-refractivity contribution in [1.82, 2.24) is 4.98 Å². The second-order valence-electron chi connectivity index (χ2n) is 10.1. The Kier molecular flexibility index (Phi) is 6.82. The summed E-state index contributed by atoms with van der Waals surface area (Å²) in [5.74, 6) is 1.04. The van der Waals surface area contributed by atoms with E-state index in [1.54, 1.807) is 0 Å². The lowest BCUT2D eigenvalue weighted by Crippen LogP contribution is -1.91. The minimum Gasteiger partial charge on any atom is -0.256 e. The molecule has 0 atom stereocenters. The highest BCUT2D eigenvalue weighted by atomic mass is 14.7. The van der Waals surface area contributed by atoms with E-state index in [4.69, 9.17) is 0 Å². The lowest BCUT2D eigenvalue weighted by Gasteiger charge is -2.10. The summed E-state index contributed by atoms with van der Waals surface area (Å²) in [5.41, 5.74) is 12.2. The molecule has 5 rings (SSSR count). The maximum Gasteiger partial charge on any atom is 0.0705 e. The molecule has 1 heterocycles. The first-order chi connectivity index (χ1) is 17.5. The Morgan fingerprint density at radius 2 is 0.861 bits per heavy atom. The number of hydrogen-bond donors (Lipinski definition) is 0. The third-order valence-electron chi connectivity index (χ3n) is 6.96. The summed E-state index contributed by atoms with van der Waals surface area (Å²) in [4.78, 5) is 4.62. The molecule has 1 heteroatoms. The maximum atomic E-state index is 4.62. The van der Waals surface area contributed by atoms with E-state index in [2.05, 4.69) is 142 Å². The fourth-order valence-electron chi connectivity index (χ4n) is 4.59. The highest BCUT2D eigenvalue weighted by molar-refractivity contribution is 5.75. The van der Waals surface area contributed by atoms with Crippen molar-refractivity contribution in [2.45, 2.75) is 39.5 Å². The van der Waals surface area contributed by atoms with Crippen LogP contribution in [0.25, 0.3) is 44.6 Å². The van der Waals surface area contributed by atoms with E-state index in [9.17, 15) is 0 Å². The Balaban J connectivity index is 1.35. The van der Waals surface area contributed by atoms with Crippen molar-refractivity contribution >= 4 is 0 Å². The molecule has 36 heavy (non-hydrogen) atoms. The number of nitrogens with zero attached hydrogens (tertiary/aromatic N) is 1. The van der Waals surface area contributed by atoms with Crippen LogP contribution in [0.15, 0.2) is 115 Å². The van der Waals surface area contributed by atoms with Gasteiger partial charge in [0.1, 0.15) is 0 Å². The van der Waals surface area contributed by atoms with Crippen LogP contribution in [0, 0.1) is 0 Å². The summed E-state index contributed by atoms with van der Waals surface area (Å²) in [7, 11) is 0. The fraction of sp³-hybridized carbons (Fsp3) is 0.171. The van der Waals surface area contributed by atoms with Crippen LogP contribution in [0.5, 0.6) is 0 Å². The Labute approximate surface area is 215 Å². The zero-order valence-electron chi connectivity index (χ0n) is 21.6. The highest BCUT2D eigenvalue weighted by Gasteiger charge is 2.07. The minimum atomic E-state index is 0.488. The van der Waals surface area contributed by atoms with Gasteiger partial charge < -0.3 is 0 Å².